The van der Waals surface area contributed by atoms with Gasteiger partial charge in [-0.15, -0.1) is 0 Å². The standard InChI is InChI=1S/C28H30F2N6O3/c1-17-11-23(36(33-17)16-25(29)30)27(37)32-22-9-10-34(15-21(22)19-7-5-4-6-8-19)28(38)20-12-24(39-3)26-31-13-18(2)35(26)14-20/h4-8,11-14,21-22,25H,9-10,15-16H2,1-3H3,(H,32,37)/t21-,22-/m1/s1. The highest BCUT2D eigenvalue weighted by Crippen LogP contribution is 2.30. The van der Waals surface area contributed by atoms with E-state index in [-0.39, 0.29) is 23.6 Å². The van der Waals surface area contributed by atoms with E-state index in [0.29, 0.717) is 42.2 Å². The number of nitrogens with one attached hydrogen (secondary N) is 1. The largest absolute Gasteiger partial charge is 0.493 e. The number of piperidine rings is 1. The van der Waals surface area contributed by atoms with Crippen molar-refractivity contribution in [2.45, 2.75) is 45.2 Å². The first-order chi connectivity index (χ1) is 18.7. The average Bonchev–Trinajstić information content (AvgIpc) is 3.49. The highest BCUT2D eigenvalue weighted by atomic mass is 19.3. The van der Waals surface area contributed by atoms with Crippen LogP contribution in [0.1, 0.15) is 50.1 Å². The van der Waals surface area contributed by atoms with Gasteiger partial charge in [0.25, 0.3) is 18.2 Å². The van der Waals surface area contributed by atoms with E-state index in [4.69, 9.17) is 4.74 Å². The number of amides is 2. The molecule has 1 fully saturated rings. The van der Waals surface area contributed by atoms with E-state index in [1.165, 1.54) is 6.07 Å². The molecule has 3 aromatic heterocycles. The zero-order chi connectivity index (χ0) is 27.7. The Morgan fingerprint density at radius 1 is 1.18 bits per heavy atom. The summed E-state index contributed by atoms with van der Waals surface area (Å²) in [4.78, 5) is 33.1. The van der Waals surface area contributed by atoms with Gasteiger partial charge >= 0.3 is 0 Å². The summed E-state index contributed by atoms with van der Waals surface area (Å²) in [5.41, 5.74) is 3.53. The Morgan fingerprint density at radius 2 is 1.95 bits per heavy atom. The molecule has 1 aromatic carbocycles. The summed E-state index contributed by atoms with van der Waals surface area (Å²) in [6, 6.07) is 12.6. The minimum Gasteiger partial charge on any atom is -0.493 e. The number of imidazole rings is 1. The molecule has 1 N–H and O–H groups in total. The Kier molecular flexibility index (Phi) is 7.32. The first kappa shape index (κ1) is 26.3. The molecule has 1 saturated heterocycles. The number of pyridine rings is 1. The van der Waals surface area contributed by atoms with Crippen LogP contribution in [-0.2, 0) is 6.54 Å². The van der Waals surface area contributed by atoms with Gasteiger partial charge in [-0.2, -0.15) is 5.10 Å². The fourth-order valence-electron chi connectivity index (χ4n) is 5.21. The monoisotopic (exact) mass is 536 g/mol. The predicted octanol–water partition coefficient (Wildman–Crippen LogP) is 3.85. The van der Waals surface area contributed by atoms with Crippen molar-refractivity contribution < 1.29 is 23.1 Å². The number of alkyl halides is 2. The maximum absolute atomic E-state index is 13.7. The molecule has 9 nitrogen and oxygen atoms in total. The number of rotatable bonds is 7. The molecule has 0 spiro atoms. The van der Waals surface area contributed by atoms with Gasteiger partial charge in [-0.1, -0.05) is 30.3 Å². The fourth-order valence-corrected chi connectivity index (χ4v) is 5.21. The van der Waals surface area contributed by atoms with Crippen LogP contribution in [-0.4, -0.2) is 68.5 Å². The molecule has 0 aliphatic carbocycles. The SMILES string of the molecule is COc1cc(C(=O)N2CC[C@@H](NC(=O)c3cc(C)nn3CC(F)F)[C@@H](c3ccccc3)C2)cn2c(C)cnc12. The van der Waals surface area contributed by atoms with E-state index in [1.807, 2.05) is 41.7 Å². The van der Waals surface area contributed by atoms with E-state index >= 15 is 0 Å². The summed E-state index contributed by atoms with van der Waals surface area (Å²) in [6.45, 7) is 3.68. The molecule has 204 valence electrons. The van der Waals surface area contributed by atoms with E-state index in [9.17, 15) is 18.4 Å². The lowest BCUT2D eigenvalue weighted by Gasteiger charge is -2.39. The van der Waals surface area contributed by atoms with Crippen molar-refractivity contribution in [1.82, 2.24) is 29.4 Å². The number of hydrogen-bond acceptors (Lipinski definition) is 5. The number of aryl methyl sites for hydroxylation is 2. The van der Waals surface area contributed by atoms with Crippen molar-refractivity contribution in [3.8, 4) is 5.75 Å². The van der Waals surface area contributed by atoms with Crippen LogP contribution in [0.3, 0.4) is 0 Å². The molecule has 4 aromatic rings. The lowest BCUT2D eigenvalue weighted by atomic mass is 9.85. The molecule has 0 saturated carbocycles. The van der Waals surface area contributed by atoms with Crippen LogP contribution in [0.2, 0.25) is 0 Å². The summed E-state index contributed by atoms with van der Waals surface area (Å²) < 4.78 is 34.5. The number of methoxy groups -OCH3 is 1. The Balaban J connectivity index is 1.40. The Labute approximate surface area is 224 Å². The number of ether oxygens (including phenoxy) is 1. The second-order valence-electron chi connectivity index (χ2n) is 9.77. The topological polar surface area (TPSA) is 93.8 Å². The van der Waals surface area contributed by atoms with E-state index in [0.717, 1.165) is 15.9 Å². The van der Waals surface area contributed by atoms with Gasteiger partial charge in [0.05, 0.1) is 18.4 Å². The highest BCUT2D eigenvalue weighted by molar-refractivity contribution is 5.95. The molecule has 39 heavy (non-hydrogen) atoms. The molecule has 1 aliphatic rings. The molecule has 0 unspecified atom stereocenters. The number of aromatic nitrogens is 4. The molecule has 5 rings (SSSR count). The van der Waals surface area contributed by atoms with Crippen LogP contribution in [0.5, 0.6) is 5.75 Å². The second-order valence-corrected chi connectivity index (χ2v) is 9.77. The summed E-state index contributed by atoms with van der Waals surface area (Å²) >= 11 is 0. The number of likely N-dealkylation sites (tertiary alicyclic amines) is 1. The van der Waals surface area contributed by atoms with Crippen molar-refractivity contribution in [2.24, 2.45) is 0 Å². The maximum atomic E-state index is 13.7. The normalized spacial score (nSPS) is 17.5. The first-order valence-electron chi connectivity index (χ1n) is 12.7. The van der Waals surface area contributed by atoms with Gasteiger partial charge < -0.3 is 19.4 Å². The predicted molar refractivity (Wildman–Crippen MR) is 140 cm³/mol. The number of benzene rings is 1. The van der Waals surface area contributed by atoms with E-state index < -0.39 is 18.9 Å². The molecule has 0 radical (unpaired) electrons. The van der Waals surface area contributed by atoms with E-state index in [2.05, 4.69) is 15.4 Å². The third-order valence-electron chi connectivity index (χ3n) is 7.11. The van der Waals surface area contributed by atoms with Gasteiger partial charge in [-0.3, -0.25) is 14.3 Å². The molecule has 2 atom stereocenters. The van der Waals surface area contributed by atoms with Gasteiger partial charge in [0.15, 0.2) is 11.4 Å². The number of halogens is 2. The number of nitrogens with zero attached hydrogens (tertiary/aromatic N) is 5. The number of carbonyl (C=O) groups excluding carboxylic acids is 2. The van der Waals surface area contributed by atoms with Gasteiger partial charge in [0.2, 0.25) is 0 Å². The van der Waals surface area contributed by atoms with Gasteiger partial charge in [0.1, 0.15) is 12.2 Å². The first-order valence-corrected chi connectivity index (χ1v) is 12.7. The molecule has 1 aliphatic heterocycles. The molecule has 4 heterocycles. The van der Waals surface area contributed by atoms with Crippen molar-refractivity contribution in [1.29, 1.82) is 0 Å². The van der Waals surface area contributed by atoms with Crippen LogP contribution in [0.15, 0.2) is 54.9 Å². The van der Waals surface area contributed by atoms with Crippen molar-refractivity contribution in [2.75, 3.05) is 20.2 Å². The lowest BCUT2D eigenvalue weighted by molar-refractivity contribution is 0.0669. The van der Waals surface area contributed by atoms with E-state index in [1.54, 1.807) is 37.4 Å². The number of carbonyl (C=O) groups is 2. The molecule has 0 bridgehead atoms. The number of hydrogen-bond donors (Lipinski definition) is 1. The third kappa shape index (κ3) is 5.34. The van der Waals surface area contributed by atoms with Gasteiger partial charge in [0, 0.05) is 43.1 Å². The quantitative estimate of drug-likeness (QED) is 0.387. The van der Waals surface area contributed by atoms with Crippen molar-refractivity contribution in [3.63, 3.8) is 0 Å². The van der Waals surface area contributed by atoms with Crippen LogP contribution < -0.4 is 10.1 Å². The summed E-state index contributed by atoms with van der Waals surface area (Å²) in [5.74, 6) is -0.320. The fraction of sp³-hybridized carbons (Fsp3) is 0.357. The van der Waals surface area contributed by atoms with Crippen LogP contribution in [0.25, 0.3) is 5.65 Å². The lowest BCUT2D eigenvalue weighted by Crippen LogP contribution is -2.51. The zero-order valence-electron chi connectivity index (χ0n) is 22.0. The van der Waals surface area contributed by atoms with Gasteiger partial charge in [-0.25, -0.2) is 13.8 Å². The summed E-state index contributed by atoms with van der Waals surface area (Å²) in [7, 11) is 1.54. The molecular formula is C28H30F2N6O3. The molecule has 2 amide bonds. The van der Waals surface area contributed by atoms with Crippen LogP contribution in [0, 0.1) is 13.8 Å². The Hall–Kier alpha value is -4.28. The minimum atomic E-state index is -2.63. The summed E-state index contributed by atoms with van der Waals surface area (Å²) in [5, 5.41) is 7.10. The average molecular weight is 537 g/mol. The molecular weight excluding hydrogens is 506 g/mol. The van der Waals surface area contributed by atoms with Crippen LogP contribution >= 0.6 is 0 Å². The smallest absolute Gasteiger partial charge is 0.269 e. The number of fused-ring (bicyclic) bond motifs is 1. The summed E-state index contributed by atoms with van der Waals surface area (Å²) in [6.07, 6.45) is 1.34. The van der Waals surface area contributed by atoms with Gasteiger partial charge in [-0.05, 0) is 38.0 Å². The Bertz CT molecular complexity index is 1500. The second kappa shape index (κ2) is 10.8. The highest BCUT2D eigenvalue weighted by Gasteiger charge is 2.35. The van der Waals surface area contributed by atoms with Crippen molar-refractivity contribution in [3.05, 3.63) is 83.1 Å². The third-order valence-corrected chi connectivity index (χ3v) is 7.11. The Morgan fingerprint density at radius 3 is 2.67 bits per heavy atom. The molecule has 11 heteroatoms. The van der Waals surface area contributed by atoms with Crippen LogP contribution in [0.4, 0.5) is 8.78 Å². The van der Waals surface area contributed by atoms with Crippen molar-refractivity contribution >= 4 is 17.5 Å². The maximum Gasteiger partial charge on any atom is 0.269 e. The zero-order valence-corrected chi connectivity index (χ0v) is 22.0. The minimum absolute atomic E-state index is 0.0919.